The smallest absolute Gasteiger partial charge is 0.405 e. The van der Waals surface area contributed by atoms with Crippen LogP contribution in [-0.4, -0.2) is 23.3 Å². The molecule has 4 heteroatoms. The molecule has 0 unspecified atom stereocenters. The number of unbranched alkanes of at least 4 members (excludes halogenated alkanes) is 1. The number of rotatable bonds is 2. The zero-order valence-electron chi connectivity index (χ0n) is 9.05. The van der Waals surface area contributed by atoms with Gasteiger partial charge >= 0.3 is 6.09 Å². The molecule has 0 fully saturated rings. The van der Waals surface area contributed by atoms with E-state index in [1.165, 1.54) is 12.8 Å². The Morgan fingerprint density at radius 1 is 1.46 bits per heavy atom. The number of nitrogens with one attached hydrogen (secondary N) is 1. The number of hydrogen-bond donors (Lipinski definition) is 3. The third kappa shape index (κ3) is 24.6. The van der Waals surface area contributed by atoms with Crippen LogP contribution in [0.1, 0.15) is 40.5 Å². The lowest BCUT2D eigenvalue weighted by Crippen LogP contribution is -2.39. The molecule has 0 aromatic carbocycles. The summed E-state index contributed by atoms with van der Waals surface area (Å²) in [5.41, 5.74) is 4.81. The molecule has 0 saturated carbocycles. The van der Waals surface area contributed by atoms with Gasteiger partial charge in [0.1, 0.15) is 0 Å². The van der Waals surface area contributed by atoms with Crippen LogP contribution in [0.2, 0.25) is 0 Å². The lowest BCUT2D eigenvalue weighted by molar-refractivity contribution is 0.184. The van der Waals surface area contributed by atoms with Crippen LogP contribution in [0.15, 0.2) is 0 Å². The van der Waals surface area contributed by atoms with Gasteiger partial charge in [-0.1, -0.05) is 13.3 Å². The van der Waals surface area contributed by atoms with Crippen LogP contribution >= 0.6 is 0 Å². The molecule has 0 aliphatic heterocycles. The van der Waals surface area contributed by atoms with Crippen LogP contribution in [-0.2, 0) is 0 Å². The van der Waals surface area contributed by atoms with Gasteiger partial charge in [-0.3, -0.25) is 0 Å². The fourth-order valence-electron chi connectivity index (χ4n) is 0.525. The molecule has 0 heterocycles. The lowest BCUT2D eigenvalue weighted by Gasteiger charge is -2.16. The van der Waals surface area contributed by atoms with Gasteiger partial charge in [0.25, 0.3) is 0 Å². The Bertz CT molecular complexity index is 128. The summed E-state index contributed by atoms with van der Waals surface area (Å²) in [4.78, 5) is 9.90. The largest absolute Gasteiger partial charge is 0.465 e. The third-order valence-electron chi connectivity index (χ3n) is 1.04. The van der Waals surface area contributed by atoms with Crippen LogP contribution < -0.4 is 11.1 Å². The van der Waals surface area contributed by atoms with E-state index >= 15 is 0 Å². The Balaban J connectivity index is 0. The monoisotopic (exact) mass is 190 g/mol. The van der Waals surface area contributed by atoms with Crippen LogP contribution in [0.4, 0.5) is 4.79 Å². The zero-order chi connectivity index (χ0) is 10.9. The van der Waals surface area contributed by atoms with Gasteiger partial charge in [-0.25, -0.2) is 4.79 Å². The average Bonchev–Trinajstić information content (AvgIpc) is 1.84. The minimum atomic E-state index is -0.975. The standard InChI is InChI=1S/C5H11NO2.C4H11N/c1-5(2,3)6-4(7)8;1-2-3-4-5/h6H,1-3H3,(H,7,8);2-5H2,1H3. The first-order valence-electron chi connectivity index (χ1n) is 4.54. The predicted molar refractivity (Wildman–Crippen MR) is 54.9 cm³/mol. The van der Waals surface area contributed by atoms with Gasteiger partial charge in [-0.15, -0.1) is 0 Å². The molecule has 0 radical (unpaired) electrons. The van der Waals surface area contributed by atoms with Crippen LogP contribution in [0.3, 0.4) is 0 Å². The molecular formula is C9H22N2O2. The summed E-state index contributed by atoms with van der Waals surface area (Å²) in [6.45, 7) is 8.35. The van der Waals surface area contributed by atoms with E-state index in [0.29, 0.717) is 0 Å². The number of nitrogens with two attached hydrogens (primary N) is 1. The summed E-state index contributed by atoms with van der Waals surface area (Å²) in [6.07, 6.45) is 1.41. The van der Waals surface area contributed by atoms with E-state index in [9.17, 15) is 4.79 Å². The fraction of sp³-hybridized carbons (Fsp3) is 0.889. The maximum atomic E-state index is 9.90. The second kappa shape index (κ2) is 7.86. The summed E-state index contributed by atoms with van der Waals surface area (Å²) in [6, 6.07) is 0. The van der Waals surface area contributed by atoms with Crippen molar-refractivity contribution in [2.75, 3.05) is 6.54 Å². The molecule has 0 bridgehead atoms. The maximum absolute atomic E-state index is 9.90. The van der Waals surface area contributed by atoms with E-state index in [2.05, 4.69) is 12.2 Å². The average molecular weight is 190 g/mol. The molecule has 80 valence electrons. The first-order valence-corrected chi connectivity index (χ1v) is 4.54. The summed E-state index contributed by atoms with van der Waals surface area (Å²) >= 11 is 0. The second-order valence-corrected chi connectivity index (χ2v) is 3.82. The molecule has 0 rings (SSSR count). The highest BCUT2D eigenvalue weighted by atomic mass is 16.4. The first kappa shape index (κ1) is 14.7. The molecule has 1 amide bonds. The highest BCUT2D eigenvalue weighted by Crippen LogP contribution is 1.96. The summed E-state index contributed by atoms with van der Waals surface area (Å²) in [5.74, 6) is 0. The van der Waals surface area contributed by atoms with E-state index in [0.717, 1.165) is 6.54 Å². The van der Waals surface area contributed by atoms with E-state index < -0.39 is 6.09 Å². The summed E-state index contributed by atoms with van der Waals surface area (Å²) in [7, 11) is 0. The van der Waals surface area contributed by atoms with Gasteiger partial charge in [0, 0.05) is 5.54 Å². The molecule has 4 N–H and O–H groups in total. The predicted octanol–water partition coefficient (Wildman–Crippen LogP) is 1.80. The van der Waals surface area contributed by atoms with Crippen molar-refractivity contribution in [1.29, 1.82) is 0 Å². The van der Waals surface area contributed by atoms with E-state index in [1.807, 2.05) is 0 Å². The lowest BCUT2D eigenvalue weighted by atomic mass is 10.1. The number of carboxylic acid groups (broad SMARTS) is 1. The molecule has 4 nitrogen and oxygen atoms in total. The molecule has 0 aliphatic rings. The summed E-state index contributed by atoms with van der Waals surface area (Å²) < 4.78 is 0. The van der Waals surface area contributed by atoms with Gasteiger partial charge in [-0.05, 0) is 33.7 Å². The Morgan fingerprint density at radius 2 is 1.92 bits per heavy atom. The quantitative estimate of drug-likeness (QED) is 0.621. The van der Waals surface area contributed by atoms with Crippen molar-refractivity contribution in [3.63, 3.8) is 0 Å². The Labute approximate surface area is 80.5 Å². The zero-order valence-corrected chi connectivity index (χ0v) is 9.05. The van der Waals surface area contributed by atoms with E-state index in [1.54, 1.807) is 20.8 Å². The molecule has 0 atom stereocenters. The molecule has 0 aromatic rings. The van der Waals surface area contributed by atoms with Crippen molar-refractivity contribution < 1.29 is 9.90 Å². The third-order valence-corrected chi connectivity index (χ3v) is 1.04. The molecule has 0 saturated heterocycles. The normalized spacial score (nSPS) is 9.92. The maximum Gasteiger partial charge on any atom is 0.405 e. The van der Waals surface area contributed by atoms with Crippen LogP contribution in [0, 0.1) is 0 Å². The minimum absolute atomic E-state index is 0.328. The Kier molecular flexibility index (Phi) is 8.91. The highest BCUT2D eigenvalue weighted by molar-refractivity contribution is 5.65. The van der Waals surface area contributed by atoms with Gasteiger partial charge in [0.15, 0.2) is 0 Å². The van der Waals surface area contributed by atoms with Gasteiger partial charge in [-0.2, -0.15) is 0 Å². The van der Waals surface area contributed by atoms with Crippen molar-refractivity contribution in [2.24, 2.45) is 5.73 Å². The van der Waals surface area contributed by atoms with E-state index in [-0.39, 0.29) is 5.54 Å². The van der Waals surface area contributed by atoms with E-state index in [4.69, 9.17) is 10.8 Å². The minimum Gasteiger partial charge on any atom is -0.465 e. The van der Waals surface area contributed by atoms with Crippen molar-refractivity contribution >= 4 is 6.09 Å². The number of carbonyl (C=O) groups is 1. The number of hydrogen-bond acceptors (Lipinski definition) is 2. The second-order valence-electron chi connectivity index (χ2n) is 3.82. The van der Waals surface area contributed by atoms with Gasteiger partial charge in [0.2, 0.25) is 0 Å². The van der Waals surface area contributed by atoms with Crippen LogP contribution in [0.25, 0.3) is 0 Å². The van der Waals surface area contributed by atoms with Crippen molar-refractivity contribution in [3.05, 3.63) is 0 Å². The molecular weight excluding hydrogens is 168 g/mol. The fourth-order valence-corrected chi connectivity index (χ4v) is 0.525. The topological polar surface area (TPSA) is 75.3 Å². The van der Waals surface area contributed by atoms with Gasteiger partial charge < -0.3 is 16.2 Å². The van der Waals surface area contributed by atoms with Gasteiger partial charge in [0.05, 0.1) is 0 Å². The molecule has 0 spiro atoms. The first-order chi connectivity index (χ1) is 5.83. The SMILES string of the molecule is CC(C)(C)NC(=O)O.CCCCN. The van der Waals surface area contributed by atoms with Crippen molar-refractivity contribution in [1.82, 2.24) is 5.32 Å². The number of amides is 1. The Morgan fingerprint density at radius 3 is 1.92 bits per heavy atom. The summed E-state index contributed by atoms with van der Waals surface area (Å²) in [5, 5.41) is 10.4. The Hall–Kier alpha value is -0.770. The molecule has 0 aliphatic carbocycles. The van der Waals surface area contributed by atoms with Crippen molar-refractivity contribution in [2.45, 2.75) is 46.1 Å². The molecule has 13 heavy (non-hydrogen) atoms. The highest BCUT2D eigenvalue weighted by Gasteiger charge is 2.10. The van der Waals surface area contributed by atoms with Crippen molar-refractivity contribution in [3.8, 4) is 0 Å². The molecule has 0 aromatic heterocycles. The van der Waals surface area contributed by atoms with Crippen LogP contribution in [0.5, 0.6) is 0 Å².